The molecule has 0 spiro atoms. The molecule has 47 valence electrons. The first-order valence-corrected chi connectivity index (χ1v) is 3.50. The van der Waals surface area contributed by atoms with Gasteiger partial charge in [-0.3, -0.25) is 4.79 Å². The van der Waals surface area contributed by atoms with E-state index in [1.165, 1.54) is 11.8 Å². The lowest BCUT2D eigenvalue weighted by atomic mass is 10.4. The van der Waals surface area contributed by atoms with Crippen LogP contribution in [0.25, 0.3) is 0 Å². The summed E-state index contributed by atoms with van der Waals surface area (Å²) >= 11 is 1.42. The highest BCUT2D eigenvalue weighted by Gasteiger charge is 2.05. The van der Waals surface area contributed by atoms with Crippen molar-refractivity contribution in [2.75, 3.05) is 5.75 Å². The van der Waals surface area contributed by atoms with Crippen molar-refractivity contribution in [1.82, 2.24) is 0 Å². The molecule has 0 aliphatic carbocycles. The fraction of sp³-hybridized carbons (Fsp3) is 0.167. The summed E-state index contributed by atoms with van der Waals surface area (Å²) in [5, 5.41) is 0. The Balaban J connectivity index is 2.68. The number of hydrogen-bond acceptors (Lipinski definition) is 2. The lowest BCUT2D eigenvalue weighted by molar-refractivity contribution is -0.113. The van der Waals surface area contributed by atoms with Crippen LogP contribution >= 0.6 is 11.8 Å². The second-order valence-corrected chi connectivity index (χ2v) is 2.58. The fourth-order valence-electron chi connectivity index (χ4n) is 0.498. The molecule has 3 heteroatoms. The number of rotatable bonds is 1. The zero-order valence-electron chi connectivity index (χ0n) is 4.76. The Labute approximate surface area is 57.8 Å². The highest BCUT2D eigenvalue weighted by Crippen LogP contribution is 2.17. The lowest BCUT2D eigenvalue weighted by Crippen LogP contribution is -2.12. The second kappa shape index (κ2) is 2.73. The van der Waals surface area contributed by atoms with E-state index in [1.54, 1.807) is 6.08 Å². The maximum Gasteiger partial charge on any atom is 0.255 e. The lowest BCUT2D eigenvalue weighted by Gasteiger charge is -2.00. The van der Waals surface area contributed by atoms with Gasteiger partial charge in [0.25, 0.3) is 5.91 Å². The molecule has 1 radical (unpaired) electrons. The Kier molecular flexibility index (Phi) is 1.95. The van der Waals surface area contributed by atoms with Gasteiger partial charge in [-0.15, -0.1) is 11.8 Å². The van der Waals surface area contributed by atoms with Gasteiger partial charge in [-0.1, -0.05) is 12.2 Å². The van der Waals surface area contributed by atoms with E-state index >= 15 is 0 Å². The average molecular weight is 140 g/mol. The first-order valence-electron chi connectivity index (χ1n) is 2.52. The average Bonchev–Trinajstić information content (AvgIpc) is 1.90. The molecule has 0 saturated carbocycles. The SMILES string of the molecule is NC(=O)C1=[C]C=CCS1. The van der Waals surface area contributed by atoms with Gasteiger partial charge < -0.3 is 5.73 Å². The van der Waals surface area contributed by atoms with Gasteiger partial charge in [0.05, 0.1) is 4.91 Å². The molecule has 1 aliphatic rings. The van der Waals surface area contributed by atoms with E-state index in [9.17, 15) is 4.79 Å². The van der Waals surface area contributed by atoms with Gasteiger partial charge in [0.1, 0.15) is 0 Å². The van der Waals surface area contributed by atoms with Crippen molar-refractivity contribution < 1.29 is 4.79 Å². The molecule has 0 fully saturated rings. The monoisotopic (exact) mass is 140 g/mol. The van der Waals surface area contributed by atoms with Crippen LogP contribution in [0.3, 0.4) is 0 Å². The maximum absolute atomic E-state index is 10.4. The summed E-state index contributed by atoms with van der Waals surface area (Å²) in [6, 6.07) is 0. The van der Waals surface area contributed by atoms with Crippen molar-refractivity contribution >= 4 is 17.7 Å². The van der Waals surface area contributed by atoms with Crippen LogP contribution in [0.4, 0.5) is 0 Å². The summed E-state index contributed by atoms with van der Waals surface area (Å²) in [6.45, 7) is 0. The van der Waals surface area contributed by atoms with Gasteiger partial charge in [0, 0.05) is 11.8 Å². The number of hydrogen-bond donors (Lipinski definition) is 1. The standard InChI is InChI=1S/C6H6NOS/c7-6(8)5-3-1-2-4-9-5/h1-2H,4H2,(H2,7,8). The smallest absolute Gasteiger partial charge is 0.255 e. The Morgan fingerprint density at radius 1 is 1.89 bits per heavy atom. The first-order chi connectivity index (χ1) is 4.30. The largest absolute Gasteiger partial charge is 0.365 e. The van der Waals surface area contributed by atoms with Gasteiger partial charge in [0.15, 0.2) is 0 Å². The zero-order valence-corrected chi connectivity index (χ0v) is 5.57. The third kappa shape index (κ3) is 1.61. The van der Waals surface area contributed by atoms with Gasteiger partial charge in [-0.2, -0.15) is 0 Å². The number of amides is 1. The summed E-state index contributed by atoms with van der Waals surface area (Å²) in [4.78, 5) is 10.9. The van der Waals surface area contributed by atoms with Crippen molar-refractivity contribution in [3.05, 3.63) is 23.1 Å². The van der Waals surface area contributed by atoms with E-state index in [2.05, 4.69) is 6.08 Å². The third-order valence-corrected chi connectivity index (χ3v) is 1.85. The molecule has 0 saturated heterocycles. The van der Waals surface area contributed by atoms with Crippen LogP contribution in [0.5, 0.6) is 0 Å². The van der Waals surface area contributed by atoms with Gasteiger partial charge in [0.2, 0.25) is 0 Å². The Bertz CT molecular complexity index is 183. The van der Waals surface area contributed by atoms with Crippen LogP contribution in [0.1, 0.15) is 0 Å². The molecule has 0 aromatic carbocycles. The minimum absolute atomic E-state index is 0.385. The molecule has 1 aliphatic heterocycles. The molecule has 2 N–H and O–H groups in total. The molecular formula is C6H6NOS. The molecule has 9 heavy (non-hydrogen) atoms. The van der Waals surface area contributed by atoms with Gasteiger partial charge in [-0.05, 0) is 0 Å². The quantitative estimate of drug-likeness (QED) is 0.575. The third-order valence-electron chi connectivity index (χ3n) is 0.880. The van der Waals surface area contributed by atoms with Gasteiger partial charge in [-0.25, -0.2) is 0 Å². The topological polar surface area (TPSA) is 43.1 Å². The maximum atomic E-state index is 10.4. The van der Waals surface area contributed by atoms with Crippen molar-refractivity contribution in [1.29, 1.82) is 0 Å². The molecule has 0 bridgehead atoms. The number of allylic oxidation sites excluding steroid dienone is 2. The first kappa shape index (κ1) is 6.42. The van der Waals surface area contributed by atoms with E-state index in [0.717, 1.165) is 5.75 Å². The molecule has 0 aromatic rings. The van der Waals surface area contributed by atoms with E-state index < -0.39 is 0 Å². The van der Waals surface area contributed by atoms with Crippen molar-refractivity contribution in [2.45, 2.75) is 0 Å². The summed E-state index contributed by atoms with van der Waals surface area (Å²) in [7, 11) is 0. The van der Waals surface area contributed by atoms with Crippen LogP contribution in [-0.2, 0) is 4.79 Å². The molecule has 1 rings (SSSR count). The Hall–Kier alpha value is -0.700. The van der Waals surface area contributed by atoms with E-state index in [4.69, 9.17) is 5.73 Å². The number of thioether (sulfide) groups is 1. The van der Waals surface area contributed by atoms with Crippen LogP contribution in [0, 0.1) is 6.08 Å². The predicted octanol–water partition coefficient (Wildman–Crippen LogP) is 0.462. The molecule has 1 amide bonds. The van der Waals surface area contributed by atoms with Crippen LogP contribution in [-0.4, -0.2) is 11.7 Å². The highest BCUT2D eigenvalue weighted by atomic mass is 32.2. The number of primary amides is 1. The van der Waals surface area contributed by atoms with E-state index in [-0.39, 0.29) is 5.91 Å². The predicted molar refractivity (Wildman–Crippen MR) is 37.5 cm³/mol. The minimum atomic E-state index is -0.385. The Morgan fingerprint density at radius 3 is 3.00 bits per heavy atom. The Morgan fingerprint density at radius 2 is 2.67 bits per heavy atom. The molecule has 1 heterocycles. The number of carbonyl (C=O) groups excluding carboxylic acids is 1. The summed E-state index contributed by atoms with van der Waals surface area (Å²) in [5.74, 6) is 0.440. The van der Waals surface area contributed by atoms with Crippen molar-refractivity contribution in [3.63, 3.8) is 0 Å². The fourth-order valence-corrected chi connectivity index (χ4v) is 1.15. The summed E-state index contributed by atoms with van der Waals surface area (Å²) in [6.07, 6.45) is 6.39. The van der Waals surface area contributed by atoms with E-state index in [0.29, 0.717) is 4.91 Å². The normalized spacial score (nSPS) is 17.1. The van der Waals surface area contributed by atoms with E-state index in [1.807, 2.05) is 6.08 Å². The van der Waals surface area contributed by atoms with Crippen molar-refractivity contribution in [3.8, 4) is 0 Å². The zero-order chi connectivity index (χ0) is 6.69. The summed E-state index contributed by atoms with van der Waals surface area (Å²) in [5.41, 5.74) is 4.97. The molecule has 0 aromatic heterocycles. The van der Waals surface area contributed by atoms with Crippen LogP contribution < -0.4 is 5.73 Å². The minimum Gasteiger partial charge on any atom is -0.365 e. The molecule has 0 unspecified atom stereocenters. The summed E-state index contributed by atoms with van der Waals surface area (Å²) < 4.78 is 0. The van der Waals surface area contributed by atoms with Crippen LogP contribution in [0.15, 0.2) is 17.1 Å². The highest BCUT2D eigenvalue weighted by molar-refractivity contribution is 8.04. The van der Waals surface area contributed by atoms with Crippen molar-refractivity contribution in [2.24, 2.45) is 5.73 Å². The van der Waals surface area contributed by atoms with Crippen LogP contribution in [0.2, 0.25) is 0 Å². The molecule has 2 nitrogen and oxygen atoms in total. The van der Waals surface area contributed by atoms with Gasteiger partial charge >= 0.3 is 0 Å². The number of nitrogens with two attached hydrogens (primary N) is 1. The number of carbonyl (C=O) groups is 1. The second-order valence-electron chi connectivity index (χ2n) is 1.55. The molecular weight excluding hydrogens is 134 g/mol. The molecule has 0 atom stereocenters.